The van der Waals surface area contributed by atoms with Crippen molar-refractivity contribution in [3.8, 4) is 0 Å². The Labute approximate surface area is 127 Å². The standard InChI is InChI=1S/C18H14N2O2/c21-17(12-6-2-1-3-7-12)20-11-10-14-13-8-4-5-9-15(13)19-16(14)18(20)22/h1-9,19H,10-11H2. The molecule has 22 heavy (non-hydrogen) atoms. The number of H-pyrrole nitrogens is 1. The quantitative estimate of drug-likeness (QED) is 0.700. The Bertz CT molecular complexity index is 880. The van der Waals surface area contributed by atoms with E-state index >= 15 is 0 Å². The molecule has 0 saturated heterocycles. The molecule has 1 N–H and O–H groups in total. The molecule has 0 spiro atoms. The predicted molar refractivity (Wildman–Crippen MR) is 83.8 cm³/mol. The van der Waals surface area contributed by atoms with Crippen molar-refractivity contribution in [2.75, 3.05) is 6.54 Å². The van der Waals surface area contributed by atoms with Crippen LogP contribution in [0.2, 0.25) is 0 Å². The number of amides is 2. The molecule has 2 heterocycles. The highest BCUT2D eigenvalue weighted by Gasteiger charge is 2.32. The Morgan fingerprint density at radius 2 is 1.73 bits per heavy atom. The second-order valence-electron chi connectivity index (χ2n) is 5.40. The van der Waals surface area contributed by atoms with Gasteiger partial charge >= 0.3 is 0 Å². The molecule has 1 aliphatic heterocycles. The summed E-state index contributed by atoms with van der Waals surface area (Å²) in [6, 6.07) is 16.8. The molecule has 0 atom stereocenters. The average Bonchev–Trinajstić information content (AvgIpc) is 2.95. The number of nitrogens with zero attached hydrogens (tertiary/aromatic N) is 1. The van der Waals surface area contributed by atoms with Gasteiger partial charge < -0.3 is 4.98 Å². The molecule has 4 rings (SSSR count). The topological polar surface area (TPSA) is 53.2 Å². The third kappa shape index (κ3) is 1.84. The summed E-state index contributed by atoms with van der Waals surface area (Å²) >= 11 is 0. The molecule has 2 aromatic carbocycles. The van der Waals surface area contributed by atoms with Crippen molar-refractivity contribution in [2.24, 2.45) is 0 Å². The molecular formula is C18H14N2O2. The normalized spacial score (nSPS) is 14.2. The van der Waals surface area contributed by atoms with Crippen LogP contribution in [-0.2, 0) is 6.42 Å². The Morgan fingerprint density at radius 3 is 2.55 bits per heavy atom. The maximum Gasteiger partial charge on any atom is 0.277 e. The summed E-state index contributed by atoms with van der Waals surface area (Å²) in [6.45, 7) is 0.418. The summed E-state index contributed by atoms with van der Waals surface area (Å²) in [7, 11) is 0. The van der Waals surface area contributed by atoms with Gasteiger partial charge in [-0.05, 0) is 30.2 Å². The fourth-order valence-corrected chi connectivity index (χ4v) is 3.03. The van der Waals surface area contributed by atoms with Crippen LogP contribution in [0.3, 0.4) is 0 Å². The number of hydrogen-bond donors (Lipinski definition) is 1. The molecule has 4 nitrogen and oxygen atoms in total. The molecule has 3 aromatic rings. The van der Waals surface area contributed by atoms with Crippen molar-refractivity contribution < 1.29 is 9.59 Å². The number of nitrogens with one attached hydrogen (secondary N) is 1. The third-order valence-corrected chi connectivity index (χ3v) is 4.12. The van der Waals surface area contributed by atoms with Gasteiger partial charge in [-0.25, -0.2) is 0 Å². The first kappa shape index (κ1) is 12.8. The number of imide groups is 1. The van der Waals surface area contributed by atoms with E-state index < -0.39 is 0 Å². The molecule has 0 bridgehead atoms. The zero-order valence-electron chi connectivity index (χ0n) is 11.9. The van der Waals surface area contributed by atoms with Gasteiger partial charge in [0.2, 0.25) is 0 Å². The maximum absolute atomic E-state index is 12.7. The van der Waals surface area contributed by atoms with E-state index in [2.05, 4.69) is 4.98 Å². The van der Waals surface area contributed by atoms with Crippen molar-refractivity contribution in [1.29, 1.82) is 0 Å². The largest absolute Gasteiger partial charge is 0.350 e. The van der Waals surface area contributed by atoms with E-state index in [1.165, 1.54) is 4.90 Å². The fourth-order valence-electron chi connectivity index (χ4n) is 3.03. The van der Waals surface area contributed by atoms with Crippen LogP contribution in [0.15, 0.2) is 54.6 Å². The second kappa shape index (κ2) is 4.84. The van der Waals surface area contributed by atoms with Crippen molar-refractivity contribution >= 4 is 22.7 Å². The fraction of sp³-hybridized carbons (Fsp3) is 0.111. The first-order valence-electron chi connectivity index (χ1n) is 7.26. The van der Waals surface area contributed by atoms with E-state index in [1.54, 1.807) is 24.3 Å². The van der Waals surface area contributed by atoms with Gasteiger partial charge in [-0.2, -0.15) is 0 Å². The highest BCUT2D eigenvalue weighted by Crippen LogP contribution is 2.28. The third-order valence-electron chi connectivity index (χ3n) is 4.12. The van der Waals surface area contributed by atoms with Crippen molar-refractivity contribution in [3.63, 3.8) is 0 Å². The smallest absolute Gasteiger partial charge is 0.277 e. The Hall–Kier alpha value is -2.88. The molecule has 1 aromatic heterocycles. The van der Waals surface area contributed by atoms with Crippen molar-refractivity contribution in [2.45, 2.75) is 6.42 Å². The number of carbonyl (C=O) groups is 2. The Morgan fingerprint density at radius 1 is 1.00 bits per heavy atom. The van der Waals surface area contributed by atoms with Gasteiger partial charge in [0.05, 0.1) is 0 Å². The van der Waals surface area contributed by atoms with Crippen LogP contribution in [0.25, 0.3) is 10.9 Å². The van der Waals surface area contributed by atoms with Crippen LogP contribution < -0.4 is 0 Å². The number of aromatic amines is 1. The lowest BCUT2D eigenvalue weighted by Crippen LogP contribution is -2.42. The molecule has 0 radical (unpaired) electrons. The summed E-state index contributed by atoms with van der Waals surface area (Å²) in [5.74, 6) is -0.485. The highest BCUT2D eigenvalue weighted by atomic mass is 16.2. The van der Waals surface area contributed by atoms with Crippen LogP contribution in [0.1, 0.15) is 26.4 Å². The van der Waals surface area contributed by atoms with Gasteiger partial charge in [-0.3, -0.25) is 14.5 Å². The van der Waals surface area contributed by atoms with Gasteiger partial charge in [0.25, 0.3) is 11.8 Å². The number of rotatable bonds is 1. The monoisotopic (exact) mass is 290 g/mol. The molecule has 1 aliphatic rings. The number of carbonyl (C=O) groups excluding carboxylic acids is 2. The molecule has 108 valence electrons. The van der Waals surface area contributed by atoms with E-state index in [-0.39, 0.29) is 11.8 Å². The van der Waals surface area contributed by atoms with Crippen LogP contribution in [0.4, 0.5) is 0 Å². The van der Waals surface area contributed by atoms with Gasteiger partial charge in [0, 0.05) is 23.0 Å². The molecule has 0 saturated carbocycles. The number of hydrogen-bond acceptors (Lipinski definition) is 2. The predicted octanol–water partition coefficient (Wildman–Crippen LogP) is 3.01. The van der Waals surface area contributed by atoms with E-state index in [4.69, 9.17) is 0 Å². The summed E-state index contributed by atoms with van der Waals surface area (Å²) < 4.78 is 0. The Balaban J connectivity index is 1.75. The van der Waals surface area contributed by atoms with Gasteiger partial charge in [-0.1, -0.05) is 36.4 Å². The molecule has 2 amide bonds. The second-order valence-corrected chi connectivity index (χ2v) is 5.40. The Kier molecular flexibility index (Phi) is 2.82. The van der Waals surface area contributed by atoms with Crippen LogP contribution in [0.5, 0.6) is 0 Å². The first-order valence-corrected chi connectivity index (χ1v) is 7.26. The summed E-state index contributed by atoms with van der Waals surface area (Å²) in [4.78, 5) is 29.7. The average molecular weight is 290 g/mol. The van der Waals surface area contributed by atoms with E-state index in [1.807, 2.05) is 30.3 Å². The molecule has 0 unspecified atom stereocenters. The van der Waals surface area contributed by atoms with E-state index in [0.29, 0.717) is 24.2 Å². The summed E-state index contributed by atoms with van der Waals surface area (Å²) in [5, 5.41) is 1.07. The zero-order valence-corrected chi connectivity index (χ0v) is 11.9. The number of aromatic nitrogens is 1. The van der Waals surface area contributed by atoms with Crippen LogP contribution >= 0.6 is 0 Å². The van der Waals surface area contributed by atoms with Crippen molar-refractivity contribution in [3.05, 3.63) is 71.4 Å². The number of fused-ring (bicyclic) bond motifs is 3. The zero-order chi connectivity index (χ0) is 15.1. The molecule has 0 fully saturated rings. The lowest BCUT2D eigenvalue weighted by molar-refractivity contribution is 0.0602. The minimum absolute atomic E-state index is 0.241. The van der Waals surface area contributed by atoms with Gasteiger partial charge in [0.15, 0.2) is 0 Å². The van der Waals surface area contributed by atoms with Gasteiger partial charge in [0.1, 0.15) is 5.69 Å². The minimum Gasteiger partial charge on any atom is -0.350 e. The lowest BCUT2D eigenvalue weighted by atomic mass is 10.0. The summed E-state index contributed by atoms with van der Waals surface area (Å²) in [6.07, 6.45) is 0.684. The number of para-hydroxylation sites is 1. The van der Waals surface area contributed by atoms with Crippen LogP contribution in [0, 0.1) is 0 Å². The highest BCUT2D eigenvalue weighted by molar-refractivity contribution is 6.12. The summed E-state index contributed by atoms with van der Waals surface area (Å²) in [5.41, 5.74) is 3.03. The molecular weight excluding hydrogens is 276 g/mol. The lowest BCUT2D eigenvalue weighted by Gasteiger charge is -2.25. The van der Waals surface area contributed by atoms with Crippen molar-refractivity contribution in [1.82, 2.24) is 9.88 Å². The van der Waals surface area contributed by atoms with E-state index in [0.717, 1.165) is 16.5 Å². The van der Waals surface area contributed by atoms with Gasteiger partial charge in [-0.15, -0.1) is 0 Å². The number of benzene rings is 2. The molecule has 4 heteroatoms. The first-order chi connectivity index (χ1) is 10.8. The van der Waals surface area contributed by atoms with Crippen LogP contribution in [-0.4, -0.2) is 28.2 Å². The SMILES string of the molecule is O=C(c1ccccc1)N1CCc2c([nH]c3ccccc23)C1=O. The maximum atomic E-state index is 12.7. The minimum atomic E-state index is -0.244. The van der Waals surface area contributed by atoms with E-state index in [9.17, 15) is 9.59 Å². The molecule has 0 aliphatic carbocycles.